The standard InChI is InChI=1S/C24H42N2O2/c1-23(2)14-20(26-22(28)19-12-8-5-9-13-19)15-24(3,16-23)17-25-21(27)18-10-6-4-7-11-18/h18-20H,4-17H2,1-3H3,(H,25,27)(H,26,28). The molecule has 0 radical (unpaired) electrons. The summed E-state index contributed by atoms with van der Waals surface area (Å²) in [7, 11) is 0. The molecular weight excluding hydrogens is 348 g/mol. The fourth-order valence-electron chi connectivity index (χ4n) is 6.36. The molecule has 3 aliphatic carbocycles. The first-order valence-corrected chi connectivity index (χ1v) is 11.8. The third-order valence-corrected chi connectivity index (χ3v) is 7.43. The van der Waals surface area contributed by atoms with Gasteiger partial charge in [-0.1, -0.05) is 59.3 Å². The Balaban J connectivity index is 1.55. The first-order valence-electron chi connectivity index (χ1n) is 11.8. The summed E-state index contributed by atoms with van der Waals surface area (Å²) in [4.78, 5) is 25.4. The highest BCUT2D eigenvalue weighted by Gasteiger charge is 2.42. The molecule has 0 aromatic carbocycles. The minimum Gasteiger partial charge on any atom is -0.355 e. The van der Waals surface area contributed by atoms with Gasteiger partial charge in [0.1, 0.15) is 0 Å². The second-order valence-corrected chi connectivity index (χ2v) is 11.2. The SMILES string of the molecule is CC1(C)CC(NC(=O)C2CCCCC2)CC(C)(CNC(=O)C2CCCCC2)C1. The van der Waals surface area contributed by atoms with Crippen molar-refractivity contribution in [3.05, 3.63) is 0 Å². The molecule has 3 saturated carbocycles. The van der Waals surface area contributed by atoms with Crippen LogP contribution in [0, 0.1) is 22.7 Å². The van der Waals surface area contributed by atoms with Gasteiger partial charge < -0.3 is 10.6 Å². The first-order chi connectivity index (χ1) is 13.3. The zero-order valence-corrected chi connectivity index (χ0v) is 18.4. The van der Waals surface area contributed by atoms with Crippen LogP contribution in [0.2, 0.25) is 0 Å². The van der Waals surface area contributed by atoms with Gasteiger partial charge in [0.25, 0.3) is 0 Å². The molecule has 4 nitrogen and oxygen atoms in total. The van der Waals surface area contributed by atoms with E-state index in [0.29, 0.717) is 0 Å². The summed E-state index contributed by atoms with van der Waals surface area (Å²) in [5.41, 5.74) is 0.240. The summed E-state index contributed by atoms with van der Waals surface area (Å²) in [6.07, 6.45) is 14.6. The smallest absolute Gasteiger partial charge is 0.223 e. The van der Waals surface area contributed by atoms with Crippen LogP contribution in [0.5, 0.6) is 0 Å². The van der Waals surface area contributed by atoms with Gasteiger partial charge in [-0.05, 0) is 55.8 Å². The van der Waals surface area contributed by atoms with Crippen LogP contribution in [0.15, 0.2) is 0 Å². The summed E-state index contributed by atoms with van der Waals surface area (Å²) >= 11 is 0. The minimum atomic E-state index is 0.0522. The van der Waals surface area contributed by atoms with Crippen molar-refractivity contribution < 1.29 is 9.59 Å². The van der Waals surface area contributed by atoms with E-state index in [1.165, 1.54) is 38.5 Å². The summed E-state index contributed by atoms with van der Waals surface area (Å²) in [6, 6.07) is 0.231. The second-order valence-electron chi connectivity index (χ2n) is 11.2. The number of carbonyl (C=O) groups is 2. The number of carbonyl (C=O) groups excluding carboxylic acids is 2. The molecule has 0 spiro atoms. The zero-order chi connectivity index (χ0) is 20.2. The maximum atomic E-state index is 12.8. The van der Waals surface area contributed by atoms with Crippen LogP contribution in [-0.4, -0.2) is 24.4 Å². The Hall–Kier alpha value is -1.06. The number of hydrogen-bond acceptors (Lipinski definition) is 2. The van der Waals surface area contributed by atoms with Crippen molar-refractivity contribution in [2.45, 2.75) is 110 Å². The van der Waals surface area contributed by atoms with Crippen LogP contribution < -0.4 is 10.6 Å². The van der Waals surface area contributed by atoms with Crippen LogP contribution in [-0.2, 0) is 9.59 Å². The van der Waals surface area contributed by atoms with Crippen LogP contribution in [0.4, 0.5) is 0 Å². The van der Waals surface area contributed by atoms with Gasteiger partial charge in [0, 0.05) is 24.4 Å². The summed E-state index contributed by atoms with van der Waals surface area (Å²) in [5.74, 6) is 0.967. The Labute approximate surface area is 172 Å². The Kier molecular flexibility index (Phi) is 7.09. The van der Waals surface area contributed by atoms with Gasteiger partial charge >= 0.3 is 0 Å². The predicted molar refractivity (Wildman–Crippen MR) is 114 cm³/mol. The van der Waals surface area contributed by atoms with E-state index >= 15 is 0 Å². The average molecular weight is 391 g/mol. The van der Waals surface area contributed by atoms with E-state index in [-0.39, 0.29) is 40.5 Å². The van der Waals surface area contributed by atoms with Crippen LogP contribution in [0.3, 0.4) is 0 Å². The lowest BCUT2D eigenvalue weighted by Crippen LogP contribution is -2.51. The predicted octanol–water partition coefficient (Wildman–Crippen LogP) is 4.96. The molecule has 3 fully saturated rings. The van der Waals surface area contributed by atoms with E-state index in [0.717, 1.165) is 51.5 Å². The molecule has 0 saturated heterocycles. The molecule has 0 bridgehead atoms. The molecule has 2 atom stereocenters. The van der Waals surface area contributed by atoms with Crippen molar-refractivity contribution in [1.29, 1.82) is 0 Å². The molecule has 0 aromatic rings. The molecule has 3 aliphatic rings. The van der Waals surface area contributed by atoms with E-state index in [4.69, 9.17) is 0 Å². The maximum Gasteiger partial charge on any atom is 0.223 e. The van der Waals surface area contributed by atoms with Gasteiger partial charge in [-0.3, -0.25) is 9.59 Å². The van der Waals surface area contributed by atoms with E-state index < -0.39 is 0 Å². The van der Waals surface area contributed by atoms with Gasteiger partial charge in [0.2, 0.25) is 11.8 Å². The molecule has 0 heterocycles. The average Bonchev–Trinajstić information content (AvgIpc) is 2.66. The molecular formula is C24H42N2O2. The quantitative estimate of drug-likeness (QED) is 0.697. The van der Waals surface area contributed by atoms with Crippen molar-refractivity contribution in [3.63, 3.8) is 0 Å². The van der Waals surface area contributed by atoms with Gasteiger partial charge in [-0.2, -0.15) is 0 Å². The van der Waals surface area contributed by atoms with Crippen molar-refractivity contribution >= 4 is 11.8 Å². The second kappa shape index (κ2) is 9.17. The lowest BCUT2D eigenvalue weighted by molar-refractivity contribution is -0.129. The molecule has 160 valence electrons. The van der Waals surface area contributed by atoms with E-state index in [1.807, 2.05) is 0 Å². The van der Waals surface area contributed by atoms with Crippen LogP contribution in [0.1, 0.15) is 104 Å². The highest BCUT2D eigenvalue weighted by molar-refractivity contribution is 5.79. The Morgan fingerprint density at radius 1 is 0.786 bits per heavy atom. The Bertz CT molecular complexity index is 547. The first kappa shape index (κ1) is 21.6. The van der Waals surface area contributed by atoms with Crippen molar-refractivity contribution in [2.24, 2.45) is 22.7 Å². The number of nitrogens with one attached hydrogen (secondary N) is 2. The van der Waals surface area contributed by atoms with E-state index in [1.54, 1.807) is 0 Å². The molecule has 0 aliphatic heterocycles. The third-order valence-electron chi connectivity index (χ3n) is 7.43. The molecule has 2 N–H and O–H groups in total. The molecule has 4 heteroatoms. The summed E-state index contributed by atoms with van der Waals surface area (Å²) in [5, 5.41) is 6.68. The number of rotatable bonds is 5. The normalized spacial score (nSPS) is 31.9. The van der Waals surface area contributed by atoms with Gasteiger partial charge in [0.15, 0.2) is 0 Å². The van der Waals surface area contributed by atoms with Crippen molar-refractivity contribution in [2.75, 3.05) is 6.54 Å². The number of amides is 2. The lowest BCUT2D eigenvalue weighted by Gasteiger charge is -2.47. The Morgan fingerprint density at radius 3 is 1.89 bits per heavy atom. The summed E-state index contributed by atoms with van der Waals surface area (Å²) < 4.78 is 0. The van der Waals surface area contributed by atoms with Gasteiger partial charge in [-0.25, -0.2) is 0 Å². The zero-order valence-electron chi connectivity index (χ0n) is 18.4. The van der Waals surface area contributed by atoms with Gasteiger partial charge in [0.05, 0.1) is 0 Å². The molecule has 2 amide bonds. The van der Waals surface area contributed by atoms with E-state index in [2.05, 4.69) is 31.4 Å². The van der Waals surface area contributed by atoms with Gasteiger partial charge in [-0.15, -0.1) is 0 Å². The Morgan fingerprint density at radius 2 is 1.32 bits per heavy atom. The van der Waals surface area contributed by atoms with E-state index in [9.17, 15) is 9.59 Å². The monoisotopic (exact) mass is 390 g/mol. The maximum absolute atomic E-state index is 12.8. The molecule has 2 unspecified atom stereocenters. The highest BCUT2D eigenvalue weighted by atomic mass is 16.2. The minimum absolute atomic E-state index is 0.0522. The largest absolute Gasteiger partial charge is 0.355 e. The molecule has 28 heavy (non-hydrogen) atoms. The lowest BCUT2D eigenvalue weighted by atomic mass is 9.62. The highest BCUT2D eigenvalue weighted by Crippen LogP contribution is 2.46. The fourth-order valence-corrected chi connectivity index (χ4v) is 6.36. The molecule has 3 rings (SSSR count). The van der Waals surface area contributed by atoms with Crippen LogP contribution in [0.25, 0.3) is 0 Å². The third kappa shape index (κ3) is 5.97. The topological polar surface area (TPSA) is 58.2 Å². The fraction of sp³-hybridized carbons (Fsp3) is 0.917. The number of hydrogen-bond donors (Lipinski definition) is 2. The van der Waals surface area contributed by atoms with Crippen molar-refractivity contribution in [3.8, 4) is 0 Å². The van der Waals surface area contributed by atoms with Crippen LogP contribution >= 0.6 is 0 Å². The van der Waals surface area contributed by atoms with Crippen molar-refractivity contribution in [1.82, 2.24) is 10.6 Å². The molecule has 0 aromatic heterocycles. The summed E-state index contributed by atoms with van der Waals surface area (Å²) in [6.45, 7) is 7.66.